The number of ketones is 1. The molecule has 0 fully saturated rings. The summed E-state index contributed by atoms with van der Waals surface area (Å²) in [6.45, 7) is 0. The number of aromatic nitrogens is 2. The molecule has 88 valence electrons. The number of carbonyl (C=O) groups excluding carboxylic acids is 1. The van der Waals surface area contributed by atoms with Gasteiger partial charge in [0.25, 0.3) is 0 Å². The highest BCUT2D eigenvalue weighted by Gasteiger charge is 2.13. The second kappa shape index (κ2) is 4.71. The fourth-order valence-electron chi connectivity index (χ4n) is 1.49. The maximum atomic E-state index is 12.1. The summed E-state index contributed by atoms with van der Waals surface area (Å²) in [4.78, 5) is 12.1. The number of rotatable bonds is 3. The van der Waals surface area contributed by atoms with Crippen LogP contribution in [0.15, 0.2) is 34.9 Å². The lowest BCUT2D eigenvalue weighted by atomic mass is 10.1. The van der Waals surface area contributed by atoms with E-state index in [1.165, 1.54) is 0 Å². The number of nitrogens with zero attached hydrogens (tertiary/aromatic N) is 2. The Morgan fingerprint density at radius 3 is 2.71 bits per heavy atom. The topological polar surface area (TPSA) is 44.1 Å². The van der Waals surface area contributed by atoms with Crippen LogP contribution >= 0.6 is 15.9 Å². The molecule has 1 aromatic heterocycles. The molecule has 0 aliphatic rings. The monoisotopic (exact) mass is 294 g/mol. The number of methoxy groups -OCH3 is 1. The third kappa shape index (κ3) is 2.39. The van der Waals surface area contributed by atoms with Crippen molar-refractivity contribution >= 4 is 21.7 Å². The van der Waals surface area contributed by atoms with Crippen molar-refractivity contribution in [3.63, 3.8) is 0 Å². The molecule has 1 heterocycles. The average molecular weight is 295 g/mol. The van der Waals surface area contributed by atoms with E-state index in [0.717, 1.165) is 4.47 Å². The second-order valence-electron chi connectivity index (χ2n) is 3.55. The van der Waals surface area contributed by atoms with Crippen LogP contribution in [0.5, 0.6) is 5.75 Å². The first-order valence-electron chi connectivity index (χ1n) is 4.99. The van der Waals surface area contributed by atoms with Gasteiger partial charge in [0.2, 0.25) is 5.78 Å². The Bertz CT molecular complexity index is 563. The molecule has 0 saturated carbocycles. The van der Waals surface area contributed by atoms with Crippen molar-refractivity contribution in [2.24, 2.45) is 7.05 Å². The van der Waals surface area contributed by atoms with E-state index < -0.39 is 0 Å². The first kappa shape index (κ1) is 11.9. The fraction of sp³-hybridized carbons (Fsp3) is 0.167. The highest BCUT2D eigenvalue weighted by atomic mass is 79.9. The summed E-state index contributed by atoms with van der Waals surface area (Å²) >= 11 is 3.35. The predicted octanol–water partition coefficient (Wildman–Crippen LogP) is 2.42. The van der Waals surface area contributed by atoms with Gasteiger partial charge in [-0.05, 0) is 40.2 Å². The molecule has 4 nitrogen and oxygen atoms in total. The van der Waals surface area contributed by atoms with Gasteiger partial charge in [-0.3, -0.25) is 9.48 Å². The van der Waals surface area contributed by atoms with Crippen LogP contribution in [-0.2, 0) is 7.05 Å². The van der Waals surface area contributed by atoms with Gasteiger partial charge in [-0.15, -0.1) is 0 Å². The first-order chi connectivity index (χ1) is 8.11. The Kier molecular flexibility index (Phi) is 3.28. The fourth-order valence-corrected chi connectivity index (χ4v) is 2.03. The van der Waals surface area contributed by atoms with Gasteiger partial charge in [-0.25, -0.2) is 0 Å². The van der Waals surface area contributed by atoms with Gasteiger partial charge in [0.1, 0.15) is 11.4 Å². The summed E-state index contributed by atoms with van der Waals surface area (Å²) in [6, 6.07) is 6.90. The molecule has 0 aliphatic carbocycles. The lowest BCUT2D eigenvalue weighted by Crippen LogP contribution is -2.03. The summed E-state index contributed by atoms with van der Waals surface area (Å²) in [5.41, 5.74) is 1.01. The second-order valence-corrected chi connectivity index (χ2v) is 4.41. The van der Waals surface area contributed by atoms with Crippen molar-refractivity contribution in [1.82, 2.24) is 9.78 Å². The molecule has 0 bridgehead atoms. The van der Waals surface area contributed by atoms with Crippen LogP contribution in [0, 0.1) is 0 Å². The van der Waals surface area contributed by atoms with Gasteiger partial charge in [0, 0.05) is 18.8 Å². The molecule has 0 spiro atoms. The Morgan fingerprint density at radius 2 is 2.18 bits per heavy atom. The maximum Gasteiger partial charge on any atom is 0.213 e. The van der Waals surface area contributed by atoms with Gasteiger partial charge in [0.05, 0.1) is 11.6 Å². The molecule has 2 rings (SSSR count). The van der Waals surface area contributed by atoms with Crippen LogP contribution in [0.2, 0.25) is 0 Å². The van der Waals surface area contributed by atoms with Crippen molar-refractivity contribution in [2.45, 2.75) is 0 Å². The molecular weight excluding hydrogens is 284 g/mol. The number of hydrogen-bond donors (Lipinski definition) is 0. The molecule has 0 unspecified atom stereocenters. The molecule has 17 heavy (non-hydrogen) atoms. The number of benzene rings is 1. The van der Waals surface area contributed by atoms with Crippen LogP contribution in [0.25, 0.3) is 0 Å². The minimum absolute atomic E-state index is 0.103. The molecular formula is C12H11BrN2O2. The zero-order chi connectivity index (χ0) is 12.4. The van der Waals surface area contributed by atoms with Gasteiger partial charge in [-0.1, -0.05) is 0 Å². The standard InChI is InChI=1S/C12H11BrN2O2/c1-15-6-5-10(14-15)12(16)8-3-4-11(17-2)9(13)7-8/h3-7H,1-2H3. The van der Waals surface area contributed by atoms with E-state index >= 15 is 0 Å². The third-order valence-corrected chi connectivity index (χ3v) is 2.98. The largest absolute Gasteiger partial charge is 0.496 e. The number of aryl methyl sites for hydroxylation is 1. The van der Waals surface area contributed by atoms with E-state index in [0.29, 0.717) is 17.0 Å². The Labute approximate surface area is 107 Å². The minimum Gasteiger partial charge on any atom is -0.496 e. The van der Waals surface area contributed by atoms with Crippen LogP contribution in [0.4, 0.5) is 0 Å². The van der Waals surface area contributed by atoms with Gasteiger partial charge < -0.3 is 4.74 Å². The van der Waals surface area contributed by atoms with E-state index in [1.54, 1.807) is 49.3 Å². The number of halogens is 1. The summed E-state index contributed by atoms with van der Waals surface area (Å²) < 4.78 is 7.47. The lowest BCUT2D eigenvalue weighted by molar-refractivity contribution is 0.103. The maximum absolute atomic E-state index is 12.1. The molecule has 0 aliphatic heterocycles. The Hall–Kier alpha value is -1.62. The van der Waals surface area contributed by atoms with Crippen LogP contribution in [-0.4, -0.2) is 22.7 Å². The molecule has 0 saturated heterocycles. The molecule has 0 atom stereocenters. The SMILES string of the molecule is COc1ccc(C(=O)c2ccn(C)n2)cc1Br. The Morgan fingerprint density at radius 1 is 1.41 bits per heavy atom. The van der Waals surface area contributed by atoms with E-state index in [9.17, 15) is 4.79 Å². The molecule has 5 heteroatoms. The third-order valence-electron chi connectivity index (χ3n) is 2.36. The van der Waals surface area contributed by atoms with Crippen molar-refractivity contribution in [1.29, 1.82) is 0 Å². The molecule has 0 radical (unpaired) electrons. The van der Waals surface area contributed by atoms with Crippen LogP contribution in [0.1, 0.15) is 16.1 Å². The normalized spacial score (nSPS) is 10.3. The highest BCUT2D eigenvalue weighted by molar-refractivity contribution is 9.10. The van der Waals surface area contributed by atoms with Crippen molar-refractivity contribution in [2.75, 3.05) is 7.11 Å². The molecule has 1 aromatic carbocycles. The molecule has 0 N–H and O–H groups in total. The van der Waals surface area contributed by atoms with Crippen molar-refractivity contribution in [3.05, 3.63) is 46.2 Å². The first-order valence-corrected chi connectivity index (χ1v) is 5.79. The van der Waals surface area contributed by atoms with Gasteiger partial charge in [-0.2, -0.15) is 5.10 Å². The lowest BCUT2D eigenvalue weighted by Gasteiger charge is -2.04. The summed E-state index contributed by atoms with van der Waals surface area (Å²) in [7, 11) is 3.36. The summed E-state index contributed by atoms with van der Waals surface area (Å²) in [5, 5.41) is 4.08. The Balaban J connectivity index is 2.35. The van der Waals surface area contributed by atoms with E-state index in [4.69, 9.17) is 4.74 Å². The summed E-state index contributed by atoms with van der Waals surface area (Å²) in [5.74, 6) is 0.594. The van der Waals surface area contributed by atoms with E-state index in [2.05, 4.69) is 21.0 Å². The summed E-state index contributed by atoms with van der Waals surface area (Å²) in [6.07, 6.45) is 1.74. The smallest absolute Gasteiger partial charge is 0.213 e. The van der Waals surface area contributed by atoms with E-state index in [-0.39, 0.29) is 5.78 Å². The molecule has 2 aromatic rings. The molecule has 0 amide bonds. The van der Waals surface area contributed by atoms with Crippen LogP contribution < -0.4 is 4.74 Å². The van der Waals surface area contributed by atoms with Crippen molar-refractivity contribution in [3.8, 4) is 5.75 Å². The average Bonchev–Trinajstić information content (AvgIpc) is 2.75. The number of ether oxygens (including phenoxy) is 1. The quantitative estimate of drug-likeness (QED) is 0.817. The van der Waals surface area contributed by atoms with Gasteiger partial charge >= 0.3 is 0 Å². The zero-order valence-corrected chi connectivity index (χ0v) is 11.1. The highest BCUT2D eigenvalue weighted by Crippen LogP contribution is 2.26. The number of carbonyl (C=O) groups is 1. The minimum atomic E-state index is -0.103. The van der Waals surface area contributed by atoms with E-state index in [1.807, 2.05) is 0 Å². The number of hydrogen-bond acceptors (Lipinski definition) is 3. The van der Waals surface area contributed by atoms with Crippen molar-refractivity contribution < 1.29 is 9.53 Å². The van der Waals surface area contributed by atoms with Crippen LogP contribution in [0.3, 0.4) is 0 Å². The predicted molar refractivity (Wildman–Crippen MR) is 67.3 cm³/mol. The van der Waals surface area contributed by atoms with Gasteiger partial charge in [0.15, 0.2) is 0 Å². The zero-order valence-electron chi connectivity index (χ0n) is 9.48.